The molecule has 0 aliphatic carbocycles. The zero-order valence-corrected chi connectivity index (χ0v) is 12.1. The van der Waals surface area contributed by atoms with Crippen molar-refractivity contribution < 1.29 is 12.6 Å². The Labute approximate surface area is 142 Å². The van der Waals surface area contributed by atoms with Crippen LogP contribution in [0.3, 0.4) is 0 Å². The molecule has 0 saturated heterocycles. The van der Waals surface area contributed by atoms with E-state index in [-0.39, 0.29) is 16.9 Å². The van der Waals surface area contributed by atoms with Crippen LogP contribution in [0.1, 0.15) is 19.4 Å². The smallest absolute Gasteiger partial charge is 0.131 e. The number of hydrogen-bond acceptors (Lipinski definition) is 1. The van der Waals surface area contributed by atoms with E-state index in [0.717, 1.165) is 5.39 Å². The van der Waals surface area contributed by atoms with Crippen molar-refractivity contribution in [2.75, 3.05) is 0 Å². The molecule has 1 nitrogen and oxygen atoms in total. The van der Waals surface area contributed by atoms with Crippen LogP contribution in [0.4, 0.5) is 4.39 Å². The van der Waals surface area contributed by atoms with E-state index in [1.807, 2.05) is 0 Å². The molecular formula is C21H16FN. The molecule has 3 aromatic carbocycles. The minimum atomic E-state index is -2.46. The van der Waals surface area contributed by atoms with Gasteiger partial charge in [-0.05, 0) is 48.7 Å². The molecule has 0 amide bonds. The average Bonchev–Trinajstić information content (AvgIpc) is 2.66. The SMILES string of the molecule is [2H]C([2H])([2H])c1cc(-c2nccc3c2ccc2c(F)cccc23)cc(C([2H])([2H])[2H])c1. The maximum atomic E-state index is 14.2. The van der Waals surface area contributed by atoms with E-state index >= 15 is 0 Å². The maximum absolute atomic E-state index is 14.2. The Balaban J connectivity index is 2.04. The highest BCUT2D eigenvalue weighted by molar-refractivity contribution is 6.11. The summed E-state index contributed by atoms with van der Waals surface area (Å²) in [6.45, 7) is -4.92. The van der Waals surface area contributed by atoms with Crippen molar-refractivity contribution in [1.29, 1.82) is 0 Å². The summed E-state index contributed by atoms with van der Waals surface area (Å²) < 4.78 is 60.5. The molecule has 0 aliphatic heterocycles. The number of rotatable bonds is 1. The third kappa shape index (κ3) is 2.27. The van der Waals surface area contributed by atoms with Gasteiger partial charge in [0.1, 0.15) is 5.82 Å². The highest BCUT2D eigenvalue weighted by atomic mass is 19.1. The first kappa shape index (κ1) is 8.78. The summed E-state index contributed by atoms with van der Waals surface area (Å²) in [7, 11) is 0. The fraction of sp³-hybridized carbons (Fsp3) is 0.0952. The average molecular weight is 307 g/mol. The lowest BCUT2D eigenvalue weighted by molar-refractivity contribution is 0.640. The molecule has 23 heavy (non-hydrogen) atoms. The van der Waals surface area contributed by atoms with Crippen molar-refractivity contribution in [1.82, 2.24) is 4.98 Å². The predicted molar refractivity (Wildman–Crippen MR) is 94.1 cm³/mol. The lowest BCUT2D eigenvalue weighted by Gasteiger charge is -2.10. The van der Waals surface area contributed by atoms with Crippen molar-refractivity contribution in [2.24, 2.45) is 0 Å². The molecule has 2 heteroatoms. The fourth-order valence-electron chi connectivity index (χ4n) is 2.98. The van der Waals surface area contributed by atoms with Crippen LogP contribution in [0.25, 0.3) is 32.8 Å². The number of halogens is 1. The van der Waals surface area contributed by atoms with E-state index in [1.165, 1.54) is 24.3 Å². The molecule has 0 spiro atoms. The number of aryl methyl sites for hydroxylation is 2. The lowest BCUT2D eigenvalue weighted by atomic mass is 9.97. The molecule has 0 N–H and O–H groups in total. The van der Waals surface area contributed by atoms with Gasteiger partial charge < -0.3 is 0 Å². The molecule has 0 radical (unpaired) electrons. The third-order valence-electron chi connectivity index (χ3n) is 3.96. The maximum Gasteiger partial charge on any atom is 0.131 e. The quantitative estimate of drug-likeness (QED) is 0.404. The number of benzene rings is 3. The number of pyridine rings is 1. The summed E-state index contributed by atoms with van der Waals surface area (Å²) in [4.78, 5) is 4.39. The van der Waals surface area contributed by atoms with Gasteiger partial charge in [0.15, 0.2) is 0 Å². The highest BCUT2D eigenvalue weighted by Gasteiger charge is 2.10. The Morgan fingerprint density at radius 2 is 1.57 bits per heavy atom. The number of aromatic nitrogens is 1. The van der Waals surface area contributed by atoms with Gasteiger partial charge in [0.2, 0.25) is 0 Å². The first-order chi connectivity index (χ1) is 13.6. The van der Waals surface area contributed by atoms with Crippen LogP contribution >= 0.6 is 0 Å². The van der Waals surface area contributed by atoms with E-state index in [2.05, 4.69) is 4.98 Å². The van der Waals surface area contributed by atoms with Gasteiger partial charge in [0, 0.05) is 30.8 Å². The number of hydrogen-bond donors (Lipinski definition) is 0. The van der Waals surface area contributed by atoms with Crippen molar-refractivity contribution in [3.63, 3.8) is 0 Å². The minimum absolute atomic E-state index is 0.0632. The molecule has 0 aliphatic rings. The van der Waals surface area contributed by atoms with Gasteiger partial charge in [-0.1, -0.05) is 41.5 Å². The Bertz CT molecular complexity index is 1210. The second-order valence-corrected chi connectivity index (χ2v) is 5.45. The summed E-state index contributed by atoms with van der Waals surface area (Å²) in [6, 6.07) is 14.0. The molecule has 4 rings (SSSR count). The largest absolute Gasteiger partial charge is 0.256 e. The first-order valence-corrected chi connectivity index (χ1v) is 7.18. The monoisotopic (exact) mass is 307 g/mol. The second kappa shape index (κ2) is 5.17. The van der Waals surface area contributed by atoms with Gasteiger partial charge in [-0.25, -0.2) is 4.39 Å². The van der Waals surface area contributed by atoms with Crippen molar-refractivity contribution in [2.45, 2.75) is 13.7 Å². The zero-order valence-electron chi connectivity index (χ0n) is 18.1. The summed E-state index contributed by atoms with van der Waals surface area (Å²) in [5, 5.41) is 2.61. The van der Waals surface area contributed by atoms with Crippen LogP contribution in [0.15, 0.2) is 60.8 Å². The second-order valence-electron chi connectivity index (χ2n) is 5.45. The van der Waals surface area contributed by atoms with Gasteiger partial charge >= 0.3 is 0 Å². The highest BCUT2D eigenvalue weighted by Crippen LogP contribution is 2.33. The molecule has 0 unspecified atom stereocenters. The molecule has 0 fully saturated rings. The molecular weight excluding hydrogens is 285 g/mol. The summed E-state index contributed by atoms with van der Waals surface area (Å²) in [5.41, 5.74) is 0.717. The van der Waals surface area contributed by atoms with Gasteiger partial charge in [0.25, 0.3) is 0 Å². The molecule has 0 saturated carbocycles. The van der Waals surface area contributed by atoms with Crippen LogP contribution < -0.4 is 0 Å². The van der Waals surface area contributed by atoms with Gasteiger partial charge in [-0.3, -0.25) is 4.98 Å². The van der Waals surface area contributed by atoms with Gasteiger partial charge in [-0.15, -0.1) is 0 Å². The van der Waals surface area contributed by atoms with Crippen molar-refractivity contribution in [3.05, 3.63) is 77.7 Å². The topological polar surface area (TPSA) is 12.9 Å². The van der Waals surface area contributed by atoms with Crippen LogP contribution in [0, 0.1) is 19.5 Å². The van der Waals surface area contributed by atoms with Crippen LogP contribution in [-0.2, 0) is 0 Å². The minimum Gasteiger partial charge on any atom is -0.256 e. The van der Waals surface area contributed by atoms with Crippen molar-refractivity contribution >= 4 is 21.5 Å². The summed E-state index contributed by atoms with van der Waals surface area (Å²) in [5.74, 6) is -0.336. The van der Waals surface area contributed by atoms with Crippen LogP contribution in [0.2, 0.25) is 0 Å². The molecule has 4 aromatic rings. The molecule has 0 atom stereocenters. The molecule has 0 bridgehead atoms. The number of fused-ring (bicyclic) bond motifs is 3. The Morgan fingerprint density at radius 3 is 2.35 bits per heavy atom. The van der Waals surface area contributed by atoms with E-state index in [4.69, 9.17) is 8.22 Å². The van der Waals surface area contributed by atoms with E-state index in [1.54, 1.807) is 36.5 Å². The summed E-state index contributed by atoms with van der Waals surface area (Å²) in [6.07, 6.45) is 1.55. The summed E-state index contributed by atoms with van der Waals surface area (Å²) >= 11 is 0. The fourth-order valence-corrected chi connectivity index (χ4v) is 2.98. The van der Waals surface area contributed by atoms with Gasteiger partial charge in [-0.2, -0.15) is 0 Å². The molecule has 1 aromatic heterocycles. The third-order valence-corrected chi connectivity index (χ3v) is 3.96. The normalized spacial score (nSPS) is 16.2. The first-order valence-electron chi connectivity index (χ1n) is 10.2. The van der Waals surface area contributed by atoms with E-state index in [9.17, 15) is 4.39 Å². The van der Waals surface area contributed by atoms with Crippen molar-refractivity contribution in [3.8, 4) is 11.3 Å². The number of nitrogens with zero attached hydrogens (tertiary/aromatic N) is 1. The Morgan fingerprint density at radius 1 is 0.826 bits per heavy atom. The predicted octanol–water partition coefficient (Wildman–Crippen LogP) is 5.81. The zero-order chi connectivity index (χ0) is 21.0. The van der Waals surface area contributed by atoms with E-state index in [0.29, 0.717) is 27.4 Å². The Hall–Kier alpha value is -2.74. The van der Waals surface area contributed by atoms with Gasteiger partial charge in [0.05, 0.1) is 5.69 Å². The van der Waals surface area contributed by atoms with Crippen LogP contribution in [0.5, 0.6) is 0 Å². The van der Waals surface area contributed by atoms with Crippen LogP contribution in [-0.4, -0.2) is 4.98 Å². The lowest BCUT2D eigenvalue weighted by Crippen LogP contribution is -1.90. The Kier molecular flexibility index (Phi) is 1.97. The van der Waals surface area contributed by atoms with E-state index < -0.39 is 13.7 Å². The molecule has 1 heterocycles. The molecule has 112 valence electrons. The standard InChI is InChI=1S/C21H16FN/c1-13-10-14(2)12-15(11-13)21-19-7-6-18-16(4-3-5-20(18)22)17(19)8-9-23-21/h3-12H,1-2H3/i1D3,2D3.